The van der Waals surface area contributed by atoms with Crippen molar-refractivity contribution in [3.63, 3.8) is 0 Å². The number of hydrogen-bond donors (Lipinski definition) is 2. The van der Waals surface area contributed by atoms with Gasteiger partial charge in [0.25, 0.3) is 0 Å². The van der Waals surface area contributed by atoms with Gasteiger partial charge in [-0.15, -0.1) is 5.92 Å². The maximum Gasteiger partial charge on any atom is 0.241 e. The highest BCUT2D eigenvalue weighted by molar-refractivity contribution is 7.89. The van der Waals surface area contributed by atoms with Crippen LogP contribution in [0.4, 0.5) is 0 Å². The van der Waals surface area contributed by atoms with Crippen molar-refractivity contribution in [2.24, 2.45) is 0 Å². The van der Waals surface area contributed by atoms with Crippen molar-refractivity contribution < 1.29 is 8.42 Å². The molecular formula is C12H14N2O2S. The van der Waals surface area contributed by atoms with Crippen LogP contribution in [-0.4, -0.2) is 15.0 Å². The van der Waals surface area contributed by atoms with Gasteiger partial charge in [0.15, 0.2) is 0 Å². The first kappa shape index (κ1) is 12.1. The van der Waals surface area contributed by atoms with Crippen LogP contribution in [0.3, 0.4) is 0 Å². The van der Waals surface area contributed by atoms with Crippen molar-refractivity contribution in [1.29, 1.82) is 0 Å². The Kier molecular flexibility index (Phi) is 3.48. The summed E-state index contributed by atoms with van der Waals surface area (Å²) in [5.74, 6) is 5.32. The highest BCUT2D eigenvalue weighted by atomic mass is 32.2. The zero-order chi connectivity index (χ0) is 12.3. The summed E-state index contributed by atoms with van der Waals surface area (Å²) in [5, 5.41) is 3.18. The second-order valence-electron chi connectivity index (χ2n) is 3.79. The molecule has 0 saturated heterocycles. The predicted octanol–water partition coefficient (Wildman–Crippen LogP) is 0.591. The molecule has 1 heterocycles. The molecule has 2 rings (SSSR count). The Morgan fingerprint density at radius 1 is 1.35 bits per heavy atom. The third-order valence-corrected chi connectivity index (χ3v) is 4.05. The van der Waals surface area contributed by atoms with Crippen molar-refractivity contribution in [2.45, 2.75) is 24.9 Å². The molecule has 0 saturated carbocycles. The van der Waals surface area contributed by atoms with Crippen molar-refractivity contribution in [3.05, 3.63) is 29.3 Å². The first-order valence-electron chi connectivity index (χ1n) is 5.35. The van der Waals surface area contributed by atoms with E-state index in [9.17, 15) is 8.42 Å². The lowest BCUT2D eigenvalue weighted by Gasteiger charge is -2.05. The minimum absolute atomic E-state index is 0.147. The van der Waals surface area contributed by atoms with Crippen LogP contribution >= 0.6 is 0 Å². The molecule has 4 nitrogen and oxygen atoms in total. The van der Waals surface area contributed by atoms with Crippen LogP contribution < -0.4 is 10.0 Å². The van der Waals surface area contributed by atoms with E-state index in [1.165, 1.54) is 0 Å². The predicted molar refractivity (Wildman–Crippen MR) is 65.6 cm³/mol. The average Bonchev–Trinajstić information content (AvgIpc) is 2.76. The molecule has 1 aromatic carbocycles. The van der Waals surface area contributed by atoms with E-state index in [1.54, 1.807) is 19.1 Å². The van der Waals surface area contributed by atoms with Crippen LogP contribution in [0.25, 0.3) is 0 Å². The Morgan fingerprint density at radius 2 is 2.12 bits per heavy atom. The van der Waals surface area contributed by atoms with Crippen molar-refractivity contribution in [1.82, 2.24) is 10.0 Å². The van der Waals surface area contributed by atoms with Crippen molar-refractivity contribution in [2.75, 3.05) is 6.54 Å². The van der Waals surface area contributed by atoms with Crippen LogP contribution in [-0.2, 0) is 23.1 Å². The molecule has 0 bridgehead atoms. The van der Waals surface area contributed by atoms with Crippen LogP contribution in [0.1, 0.15) is 18.1 Å². The van der Waals surface area contributed by atoms with E-state index >= 15 is 0 Å². The fourth-order valence-electron chi connectivity index (χ4n) is 1.74. The minimum atomic E-state index is -3.43. The lowest BCUT2D eigenvalue weighted by molar-refractivity contribution is 0.586. The summed E-state index contributed by atoms with van der Waals surface area (Å²) < 4.78 is 26.3. The largest absolute Gasteiger partial charge is 0.309 e. The quantitative estimate of drug-likeness (QED) is 0.772. The lowest BCUT2D eigenvalue weighted by Crippen LogP contribution is -2.24. The molecule has 5 heteroatoms. The van der Waals surface area contributed by atoms with Gasteiger partial charge in [0.2, 0.25) is 10.0 Å². The second-order valence-corrected chi connectivity index (χ2v) is 5.55. The van der Waals surface area contributed by atoms with E-state index in [0.717, 1.165) is 24.2 Å². The van der Waals surface area contributed by atoms with Gasteiger partial charge in [-0.1, -0.05) is 12.0 Å². The normalized spacial score (nSPS) is 13.9. The average molecular weight is 250 g/mol. The molecule has 1 aromatic rings. The van der Waals surface area contributed by atoms with E-state index in [-0.39, 0.29) is 6.54 Å². The Morgan fingerprint density at radius 3 is 2.88 bits per heavy atom. The number of hydrogen-bond acceptors (Lipinski definition) is 3. The summed E-state index contributed by atoms with van der Waals surface area (Å²) in [4.78, 5) is 0.304. The second kappa shape index (κ2) is 4.88. The molecule has 2 N–H and O–H groups in total. The fourth-order valence-corrected chi connectivity index (χ4v) is 2.71. The molecule has 1 aliphatic rings. The highest BCUT2D eigenvalue weighted by Gasteiger charge is 2.17. The Labute approximate surface area is 101 Å². The molecular weight excluding hydrogens is 236 g/mol. The Bertz CT molecular complexity index is 582. The molecule has 0 amide bonds. The van der Waals surface area contributed by atoms with E-state index in [4.69, 9.17) is 0 Å². The van der Waals surface area contributed by atoms with Gasteiger partial charge in [-0.25, -0.2) is 8.42 Å². The summed E-state index contributed by atoms with van der Waals surface area (Å²) in [6.45, 7) is 3.36. The van der Waals surface area contributed by atoms with Gasteiger partial charge in [-0.3, -0.25) is 0 Å². The summed E-state index contributed by atoms with van der Waals surface area (Å²) in [7, 11) is -3.43. The number of benzene rings is 1. The number of sulfonamides is 1. The van der Waals surface area contributed by atoms with Gasteiger partial charge in [0.1, 0.15) is 0 Å². The standard InChI is InChI=1S/C12H14N2O2S/c1-2-3-6-14-17(15,16)12-5-4-10-8-13-9-11(10)7-12/h4-5,7,13-14H,6,8-9H2,1H3. The summed E-state index contributed by atoms with van der Waals surface area (Å²) in [5.41, 5.74) is 2.21. The highest BCUT2D eigenvalue weighted by Crippen LogP contribution is 2.19. The molecule has 0 fully saturated rings. The summed E-state index contributed by atoms with van der Waals surface area (Å²) in [6.07, 6.45) is 0. The third kappa shape index (κ3) is 2.67. The van der Waals surface area contributed by atoms with Crippen LogP contribution in [0.15, 0.2) is 23.1 Å². The topological polar surface area (TPSA) is 58.2 Å². The molecule has 0 spiro atoms. The maximum absolute atomic E-state index is 11.9. The summed E-state index contributed by atoms with van der Waals surface area (Å²) >= 11 is 0. The van der Waals surface area contributed by atoms with Gasteiger partial charge in [-0.05, 0) is 30.2 Å². The number of fused-ring (bicyclic) bond motifs is 1. The smallest absolute Gasteiger partial charge is 0.241 e. The first-order valence-corrected chi connectivity index (χ1v) is 6.83. The van der Waals surface area contributed by atoms with Crippen LogP contribution in [0.5, 0.6) is 0 Å². The van der Waals surface area contributed by atoms with Crippen LogP contribution in [0, 0.1) is 11.8 Å². The molecule has 0 aliphatic carbocycles. The SMILES string of the molecule is CC#CCNS(=O)(=O)c1ccc2c(c1)CNC2. The van der Waals surface area contributed by atoms with E-state index in [2.05, 4.69) is 21.9 Å². The molecule has 17 heavy (non-hydrogen) atoms. The number of nitrogens with one attached hydrogen (secondary N) is 2. The van der Waals surface area contributed by atoms with Crippen LogP contribution in [0.2, 0.25) is 0 Å². The lowest BCUT2D eigenvalue weighted by atomic mass is 10.1. The van der Waals surface area contributed by atoms with Crippen molar-refractivity contribution in [3.8, 4) is 11.8 Å². The summed E-state index contributed by atoms with van der Waals surface area (Å²) in [6, 6.07) is 5.21. The zero-order valence-electron chi connectivity index (χ0n) is 9.58. The van der Waals surface area contributed by atoms with Gasteiger partial charge >= 0.3 is 0 Å². The number of rotatable bonds is 3. The Balaban J connectivity index is 2.23. The molecule has 0 aromatic heterocycles. The zero-order valence-corrected chi connectivity index (χ0v) is 10.4. The third-order valence-electron chi connectivity index (χ3n) is 2.65. The fraction of sp³-hybridized carbons (Fsp3) is 0.333. The van der Waals surface area contributed by atoms with Gasteiger partial charge in [0.05, 0.1) is 11.4 Å². The molecule has 90 valence electrons. The monoisotopic (exact) mass is 250 g/mol. The van der Waals surface area contributed by atoms with Gasteiger partial charge < -0.3 is 5.32 Å². The minimum Gasteiger partial charge on any atom is -0.309 e. The molecule has 0 atom stereocenters. The molecule has 0 radical (unpaired) electrons. The maximum atomic E-state index is 11.9. The van der Waals surface area contributed by atoms with E-state index in [1.807, 2.05) is 6.07 Å². The molecule has 1 aliphatic heterocycles. The first-order chi connectivity index (χ1) is 8.13. The van der Waals surface area contributed by atoms with Crippen molar-refractivity contribution >= 4 is 10.0 Å². The Hall–Kier alpha value is -1.35. The van der Waals surface area contributed by atoms with E-state index < -0.39 is 10.0 Å². The van der Waals surface area contributed by atoms with E-state index in [0.29, 0.717) is 4.90 Å². The molecule has 0 unspecified atom stereocenters. The van der Waals surface area contributed by atoms with Gasteiger partial charge in [0, 0.05) is 13.1 Å². The van der Waals surface area contributed by atoms with Gasteiger partial charge in [-0.2, -0.15) is 4.72 Å².